The van der Waals surface area contributed by atoms with Gasteiger partial charge in [-0.05, 0) is 36.2 Å². The van der Waals surface area contributed by atoms with E-state index >= 15 is 0 Å². The van der Waals surface area contributed by atoms with Crippen molar-refractivity contribution in [2.75, 3.05) is 6.61 Å². The molecule has 1 N–H and O–H groups in total. The van der Waals surface area contributed by atoms with Gasteiger partial charge < -0.3 is 10.1 Å². The largest absolute Gasteiger partial charge is 0.494 e. The van der Waals surface area contributed by atoms with Gasteiger partial charge in [0.2, 0.25) is 0 Å². The minimum atomic E-state index is 0.716. The third-order valence-corrected chi connectivity index (χ3v) is 2.63. The summed E-state index contributed by atoms with van der Waals surface area (Å²) in [6.07, 6.45) is 2.70. The molecule has 2 rings (SSSR count). The molecule has 2 aromatic rings. The molecule has 1 aromatic carbocycles. The SMILES string of the molecule is CCCOc1cccc(CNCc2cccnn2)c1. The van der Waals surface area contributed by atoms with Crippen molar-refractivity contribution in [3.05, 3.63) is 53.9 Å². The molecule has 4 heteroatoms. The number of hydrogen-bond acceptors (Lipinski definition) is 4. The Balaban J connectivity index is 1.82. The third kappa shape index (κ3) is 4.67. The standard InChI is InChI=1S/C15H19N3O/c1-2-9-19-15-7-3-5-13(10-15)11-16-12-14-6-4-8-17-18-14/h3-8,10,16H,2,9,11-12H2,1H3. The lowest BCUT2D eigenvalue weighted by Crippen LogP contribution is -2.14. The van der Waals surface area contributed by atoms with E-state index in [-0.39, 0.29) is 0 Å². The van der Waals surface area contributed by atoms with Crippen LogP contribution in [0.2, 0.25) is 0 Å². The number of aromatic nitrogens is 2. The molecule has 0 bridgehead atoms. The van der Waals surface area contributed by atoms with E-state index in [4.69, 9.17) is 4.74 Å². The second-order valence-electron chi connectivity index (χ2n) is 4.31. The first kappa shape index (κ1) is 13.5. The van der Waals surface area contributed by atoms with Gasteiger partial charge in [-0.25, -0.2) is 0 Å². The molecule has 100 valence electrons. The first-order chi connectivity index (χ1) is 9.38. The number of nitrogens with one attached hydrogen (secondary N) is 1. The second-order valence-corrected chi connectivity index (χ2v) is 4.31. The molecular weight excluding hydrogens is 238 g/mol. The highest BCUT2D eigenvalue weighted by molar-refractivity contribution is 5.28. The maximum Gasteiger partial charge on any atom is 0.119 e. The Morgan fingerprint density at radius 3 is 2.89 bits per heavy atom. The molecule has 0 radical (unpaired) electrons. The summed E-state index contributed by atoms with van der Waals surface area (Å²) in [7, 11) is 0. The lowest BCUT2D eigenvalue weighted by Gasteiger charge is -2.08. The zero-order valence-corrected chi connectivity index (χ0v) is 11.2. The van der Waals surface area contributed by atoms with Crippen LogP contribution in [0.5, 0.6) is 5.75 Å². The normalized spacial score (nSPS) is 10.4. The van der Waals surface area contributed by atoms with Crippen LogP contribution in [-0.2, 0) is 13.1 Å². The van der Waals surface area contributed by atoms with E-state index in [1.54, 1.807) is 6.20 Å². The molecule has 0 amide bonds. The highest BCUT2D eigenvalue weighted by Crippen LogP contribution is 2.13. The van der Waals surface area contributed by atoms with Gasteiger partial charge in [0.15, 0.2) is 0 Å². The maximum absolute atomic E-state index is 5.61. The number of rotatable bonds is 7. The fourth-order valence-electron chi connectivity index (χ4n) is 1.73. The van der Waals surface area contributed by atoms with Gasteiger partial charge in [-0.3, -0.25) is 0 Å². The summed E-state index contributed by atoms with van der Waals surface area (Å²) in [5, 5.41) is 11.2. The van der Waals surface area contributed by atoms with Gasteiger partial charge >= 0.3 is 0 Å². The van der Waals surface area contributed by atoms with Crippen molar-refractivity contribution in [1.82, 2.24) is 15.5 Å². The number of nitrogens with zero attached hydrogens (tertiary/aromatic N) is 2. The lowest BCUT2D eigenvalue weighted by atomic mass is 10.2. The van der Waals surface area contributed by atoms with Gasteiger partial charge in [0, 0.05) is 19.3 Å². The van der Waals surface area contributed by atoms with Crippen LogP contribution in [0.1, 0.15) is 24.6 Å². The first-order valence-corrected chi connectivity index (χ1v) is 6.57. The summed E-state index contributed by atoms with van der Waals surface area (Å²) in [5.41, 5.74) is 2.15. The number of benzene rings is 1. The summed E-state index contributed by atoms with van der Waals surface area (Å²) >= 11 is 0. The Bertz CT molecular complexity index is 488. The van der Waals surface area contributed by atoms with Gasteiger partial charge in [-0.2, -0.15) is 10.2 Å². The van der Waals surface area contributed by atoms with Crippen LogP contribution in [0.4, 0.5) is 0 Å². The summed E-state index contributed by atoms with van der Waals surface area (Å²) in [5.74, 6) is 0.931. The molecule has 0 spiro atoms. The molecule has 1 aromatic heterocycles. The molecule has 0 saturated heterocycles. The number of ether oxygens (including phenoxy) is 1. The quantitative estimate of drug-likeness (QED) is 0.828. The van der Waals surface area contributed by atoms with Gasteiger partial charge in [0.25, 0.3) is 0 Å². The van der Waals surface area contributed by atoms with Crippen LogP contribution in [0.3, 0.4) is 0 Å². The molecule has 19 heavy (non-hydrogen) atoms. The monoisotopic (exact) mass is 257 g/mol. The number of hydrogen-bond donors (Lipinski definition) is 1. The van der Waals surface area contributed by atoms with Crippen molar-refractivity contribution in [1.29, 1.82) is 0 Å². The molecule has 0 aliphatic heterocycles. The van der Waals surface area contributed by atoms with Crippen molar-refractivity contribution in [2.45, 2.75) is 26.4 Å². The topological polar surface area (TPSA) is 47.0 Å². The van der Waals surface area contributed by atoms with Crippen molar-refractivity contribution < 1.29 is 4.74 Å². The van der Waals surface area contributed by atoms with Crippen LogP contribution >= 0.6 is 0 Å². The van der Waals surface area contributed by atoms with Crippen molar-refractivity contribution in [3.63, 3.8) is 0 Å². The Kier molecular flexibility index (Phi) is 5.31. The summed E-state index contributed by atoms with van der Waals surface area (Å²) in [6.45, 7) is 4.37. The lowest BCUT2D eigenvalue weighted by molar-refractivity contribution is 0.317. The molecule has 4 nitrogen and oxygen atoms in total. The fraction of sp³-hybridized carbons (Fsp3) is 0.333. The van der Waals surface area contributed by atoms with Crippen LogP contribution in [-0.4, -0.2) is 16.8 Å². The molecule has 0 atom stereocenters. The predicted molar refractivity (Wildman–Crippen MR) is 74.8 cm³/mol. The van der Waals surface area contributed by atoms with E-state index in [9.17, 15) is 0 Å². The highest BCUT2D eigenvalue weighted by atomic mass is 16.5. The minimum absolute atomic E-state index is 0.716. The average molecular weight is 257 g/mol. The summed E-state index contributed by atoms with van der Waals surface area (Å²) in [6, 6.07) is 12.0. The van der Waals surface area contributed by atoms with E-state index in [2.05, 4.69) is 34.6 Å². The van der Waals surface area contributed by atoms with Crippen molar-refractivity contribution in [2.24, 2.45) is 0 Å². The predicted octanol–water partition coefficient (Wildman–Crippen LogP) is 2.56. The van der Waals surface area contributed by atoms with E-state index in [1.807, 2.05) is 24.3 Å². The van der Waals surface area contributed by atoms with E-state index < -0.39 is 0 Å². The molecule has 0 unspecified atom stereocenters. The minimum Gasteiger partial charge on any atom is -0.494 e. The Morgan fingerprint density at radius 2 is 2.11 bits per heavy atom. The third-order valence-electron chi connectivity index (χ3n) is 2.63. The molecule has 1 heterocycles. The van der Waals surface area contributed by atoms with Gasteiger partial charge in [0.1, 0.15) is 5.75 Å². The molecule has 0 aliphatic rings. The molecule has 0 saturated carbocycles. The van der Waals surface area contributed by atoms with Crippen LogP contribution in [0, 0.1) is 0 Å². The Labute approximate surface area is 113 Å². The van der Waals surface area contributed by atoms with Crippen LogP contribution < -0.4 is 10.1 Å². The van der Waals surface area contributed by atoms with Crippen molar-refractivity contribution in [3.8, 4) is 5.75 Å². The average Bonchev–Trinajstić information content (AvgIpc) is 2.47. The zero-order valence-electron chi connectivity index (χ0n) is 11.2. The Morgan fingerprint density at radius 1 is 1.16 bits per heavy atom. The van der Waals surface area contributed by atoms with E-state index in [0.29, 0.717) is 6.54 Å². The summed E-state index contributed by atoms with van der Waals surface area (Å²) in [4.78, 5) is 0. The molecule has 0 fully saturated rings. The molecular formula is C15H19N3O. The van der Waals surface area contributed by atoms with Gasteiger partial charge in [0.05, 0.1) is 12.3 Å². The van der Waals surface area contributed by atoms with E-state index in [0.717, 1.165) is 31.0 Å². The molecule has 0 aliphatic carbocycles. The maximum atomic E-state index is 5.61. The second kappa shape index (κ2) is 7.48. The highest BCUT2D eigenvalue weighted by Gasteiger charge is 1.98. The Hall–Kier alpha value is -1.94. The summed E-state index contributed by atoms with van der Waals surface area (Å²) < 4.78 is 5.61. The van der Waals surface area contributed by atoms with Gasteiger partial charge in [-0.1, -0.05) is 19.1 Å². The van der Waals surface area contributed by atoms with E-state index in [1.165, 1.54) is 5.56 Å². The van der Waals surface area contributed by atoms with Crippen molar-refractivity contribution >= 4 is 0 Å². The van der Waals surface area contributed by atoms with Gasteiger partial charge in [-0.15, -0.1) is 0 Å². The fourth-order valence-corrected chi connectivity index (χ4v) is 1.73. The smallest absolute Gasteiger partial charge is 0.119 e. The zero-order chi connectivity index (χ0) is 13.3. The first-order valence-electron chi connectivity index (χ1n) is 6.57. The van der Waals surface area contributed by atoms with Crippen LogP contribution in [0.15, 0.2) is 42.6 Å². The van der Waals surface area contributed by atoms with Crippen LogP contribution in [0.25, 0.3) is 0 Å².